The Hall–Kier alpha value is -1.98. The van der Waals surface area contributed by atoms with E-state index in [1.807, 2.05) is 27.7 Å². The fraction of sp³-hybridized carbons (Fsp3) is 0.556. The first kappa shape index (κ1) is 16.9. The fourth-order valence-electron chi connectivity index (χ4n) is 3.27. The summed E-state index contributed by atoms with van der Waals surface area (Å²) >= 11 is 0. The van der Waals surface area contributed by atoms with Gasteiger partial charge in [0.05, 0.1) is 5.52 Å². The van der Waals surface area contributed by atoms with Crippen molar-refractivity contribution in [3.63, 3.8) is 0 Å². The number of aromatic nitrogens is 2. The molecule has 6 heteroatoms. The summed E-state index contributed by atoms with van der Waals surface area (Å²) in [5.74, 6) is -1.70. The van der Waals surface area contributed by atoms with Crippen LogP contribution < -0.4 is 5.32 Å². The van der Waals surface area contributed by atoms with Crippen molar-refractivity contribution in [3.8, 4) is 0 Å². The van der Waals surface area contributed by atoms with E-state index < -0.39 is 11.6 Å². The van der Waals surface area contributed by atoms with Crippen LogP contribution in [0.5, 0.6) is 0 Å². The predicted octanol–water partition coefficient (Wildman–Crippen LogP) is 4.59. The number of amides is 1. The molecule has 1 aliphatic rings. The van der Waals surface area contributed by atoms with Crippen molar-refractivity contribution in [3.05, 3.63) is 23.8 Å². The van der Waals surface area contributed by atoms with Crippen molar-refractivity contribution in [1.82, 2.24) is 9.55 Å². The maximum Gasteiger partial charge on any atom is 0.227 e. The molecule has 130 valence electrons. The average molecular weight is 335 g/mol. The van der Waals surface area contributed by atoms with E-state index in [-0.39, 0.29) is 22.4 Å². The van der Waals surface area contributed by atoms with E-state index in [9.17, 15) is 13.6 Å². The summed E-state index contributed by atoms with van der Waals surface area (Å²) in [7, 11) is 0. The largest absolute Gasteiger partial charge is 0.301 e. The quantitative estimate of drug-likeness (QED) is 0.892. The molecule has 1 fully saturated rings. The third kappa shape index (κ3) is 2.89. The summed E-state index contributed by atoms with van der Waals surface area (Å²) in [5, 5.41) is 2.80. The van der Waals surface area contributed by atoms with Crippen molar-refractivity contribution < 1.29 is 13.6 Å². The fourth-order valence-corrected chi connectivity index (χ4v) is 3.27. The second kappa shape index (κ2) is 5.53. The van der Waals surface area contributed by atoms with Gasteiger partial charge in [-0.15, -0.1) is 0 Å². The molecule has 0 aliphatic heterocycles. The molecular weight excluding hydrogens is 312 g/mol. The minimum atomic E-state index is -0.913. The van der Waals surface area contributed by atoms with Crippen LogP contribution in [0, 0.1) is 17.0 Å². The highest BCUT2D eigenvalue weighted by Crippen LogP contribution is 2.43. The van der Waals surface area contributed by atoms with E-state index in [0.29, 0.717) is 17.9 Å². The molecule has 1 aromatic heterocycles. The first-order valence-electron chi connectivity index (χ1n) is 8.28. The van der Waals surface area contributed by atoms with Crippen LogP contribution in [0.1, 0.15) is 53.4 Å². The molecule has 0 unspecified atom stereocenters. The van der Waals surface area contributed by atoms with Crippen LogP contribution in [0.4, 0.5) is 14.7 Å². The number of hydrogen-bond acceptors (Lipinski definition) is 2. The van der Waals surface area contributed by atoms with Crippen molar-refractivity contribution in [2.45, 2.75) is 58.9 Å². The van der Waals surface area contributed by atoms with Gasteiger partial charge in [0.1, 0.15) is 5.52 Å². The Balaban J connectivity index is 2.09. The van der Waals surface area contributed by atoms with Crippen LogP contribution in [0.25, 0.3) is 11.0 Å². The van der Waals surface area contributed by atoms with Crippen LogP contribution >= 0.6 is 0 Å². The molecule has 1 aliphatic carbocycles. The molecule has 4 nitrogen and oxygen atoms in total. The smallest absolute Gasteiger partial charge is 0.227 e. The average Bonchev–Trinajstić information content (AvgIpc) is 2.77. The minimum Gasteiger partial charge on any atom is -0.301 e. The van der Waals surface area contributed by atoms with Gasteiger partial charge in [0.15, 0.2) is 11.6 Å². The monoisotopic (exact) mass is 335 g/mol. The molecule has 0 radical (unpaired) electrons. The van der Waals surface area contributed by atoms with E-state index in [1.54, 1.807) is 4.57 Å². The van der Waals surface area contributed by atoms with Gasteiger partial charge < -0.3 is 4.57 Å². The van der Waals surface area contributed by atoms with Crippen LogP contribution in [0.2, 0.25) is 0 Å². The van der Waals surface area contributed by atoms with Crippen LogP contribution in [0.15, 0.2) is 12.1 Å². The van der Waals surface area contributed by atoms with Gasteiger partial charge in [-0.25, -0.2) is 13.8 Å². The molecular formula is C18H23F2N3O. The van der Waals surface area contributed by atoms with Gasteiger partial charge >= 0.3 is 0 Å². The highest BCUT2D eigenvalue weighted by Gasteiger charge is 2.38. The second-order valence-corrected chi connectivity index (χ2v) is 8.14. The Morgan fingerprint density at radius 2 is 2.00 bits per heavy atom. The predicted molar refractivity (Wildman–Crippen MR) is 89.8 cm³/mol. The summed E-state index contributed by atoms with van der Waals surface area (Å²) in [6, 6.07) is 2.52. The lowest BCUT2D eigenvalue weighted by atomic mass is 9.78. The van der Waals surface area contributed by atoms with Crippen LogP contribution in [-0.4, -0.2) is 15.5 Å². The van der Waals surface area contributed by atoms with Crippen molar-refractivity contribution >= 4 is 22.9 Å². The van der Waals surface area contributed by atoms with Crippen molar-refractivity contribution in [2.24, 2.45) is 5.41 Å². The normalized spacial score (nSPS) is 16.9. The van der Waals surface area contributed by atoms with Gasteiger partial charge in [-0.3, -0.25) is 10.1 Å². The Morgan fingerprint density at radius 1 is 1.33 bits per heavy atom. The van der Waals surface area contributed by atoms with Crippen molar-refractivity contribution in [1.29, 1.82) is 0 Å². The number of hydrogen-bond donors (Lipinski definition) is 1. The minimum absolute atomic E-state index is 0.128. The zero-order chi connectivity index (χ0) is 17.7. The number of benzene rings is 1. The van der Waals surface area contributed by atoms with Gasteiger partial charge in [-0.2, -0.15) is 0 Å². The topological polar surface area (TPSA) is 46.9 Å². The first-order valence-corrected chi connectivity index (χ1v) is 8.28. The molecule has 3 rings (SSSR count). The summed E-state index contributed by atoms with van der Waals surface area (Å²) < 4.78 is 29.8. The zero-order valence-corrected chi connectivity index (χ0v) is 14.5. The third-order valence-corrected chi connectivity index (χ3v) is 4.62. The Morgan fingerprint density at radius 3 is 2.54 bits per heavy atom. The van der Waals surface area contributed by atoms with Crippen LogP contribution in [0.3, 0.4) is 0 Å². The molecule has 1 saturated carbocycles. The molecule has 0 bridgehead atoms. The highest BCUT2D eigenvalue weighted by molar-refractivity contribution is 5.92. The SMILES string of the molecule is CC(C)(C)CC(=O)Nc1nc2ccc(F)c(F)c2n1C1(C)CCC1. The molecule has 0 spiro atoms. The molecule has 1 amide bonds. The maximum atomic E-state index is 14.4. The summed E-state index contributed by atoms with van der Waals surface area (Å²) in [5.41, 5.74) is -0.0387. The molecule has 0 saturated heterocycles. The number of rotatable bonds is 3. The van der Waals surface area contributed by atoms with Gasteiger partial charge in [0.25, 0.3) is 0 Å². The Labute approximate surface area is 140 Å². The molecule has 1 heterocycles. The lowest BCUT2D eigenvalue weighted by Gasteiger charge is -2.41. The van der Waals surface area contributed by atoms with E-state index in [0.717, 1.165) is 25.3 Å². The number of nitrogens with one attached hydrogen (secondary N) is 1. The van der Waals surface area contributed by atoms with Crippen LogP contribution in [-0.2, 0) is 10.3 Å². The van der Waals surface area contributed by atoms with Crippen molar-refractivity contribution in [2.75, 3.05) is 5.32 Å². The summed E-state index contributed by atoms with van der Waals surface area (Å²) in [6.45, 7) is 7.90. The summed E-state index contributed by atoms with van der Waals surface area (Å²) in [4.78, 5) is 16.7. The van der Waals surface area contributed by atoms with Gasteiger partial charge in [-0.05, 0) is 43.7 Å². The molecule has 0 atom stereocenters. The van der Waals surface area contributed by atoms with Gasteiger partial charge in [0.2, 0.25) is 11.9 Å². The highest BCUT2D eigenvalue weighted by atomic mass is 19.2. The molecule has 1 aromatic carbocycles. The van der Waals surface area contributed by atoms with E-state index >= 15 is 0 Å². The number of halogens is 2. The Bertz CT molecular complexity index is 801. The standard InChI is InChI=1S/C18H23F2N3O/c1-17(2,3)10-13(24)22-16-21-12-7-6-11(19)14(20)15(12)23(16)18(4)8-5-9-18/h6-7H,5,8-10H2,1-4H3,(H,21,22,24). The lowest BCUT2D eigenvalue weighted by Crippen LogP contribution is -2.38. The van der Waals surface area contributed by atoms with Gasteiger partial charge in [-0.1, -0.05) is 20.8 Å². The number of carbonyl (C=O) groups excluding carboxylic acids is 1. The number of anilines is 1. The van der Waals surface area contributed by atoms with E-state index in [4.69, 9.17) is 0 Å². The zero-order valence-electron chi connectivity index (χ0n) is 14.5. The molecule has 2 aromatic rings. The third-order valence-electron chi connectivity index (χ3n) is 4.62. The summed E-state index contributed by atoms with van der Waals surface area (Å²) in [6.07, 6.45) is 3.03. The number of carbonyl (C=O) groups is 1. The van der Waals surface area contributed by atoms with E-state index in [1.165, 1.54) is 6.07 Å². The molecule has 1 N–H and O–H groups in total. The lowest BCUT2D eigenvalue weighted by molar-refractivity contribution is -0.117. The number of nitrogens with zero attached hydrogens (tertiary/aromatic N) is 2. The maximum absolute atomic E-state index is 14.4. The number of imidazole rings is 1. The first-order chi connectivity index (χ1) is 11.1. The second-order valence-electron chi connectivity index (χ2n) is 8.14. The Kier molecular flexibility index (Phi) is 3.89. The van der Waals surface area contributed by atoms with Gasteiger partial charge in [0, 0.05) is 12.0 Å². The number of fused-ring (bicyclic) bond motifs is 1. The van der Waals surface area contributed by atoms with E-state index in [2.05, 4.69) is 10.3 Å². The molecule has 24 heavy (non-hydrogen) atoms.